The molecule has 0 spiro atoms. The second kappa shape index (κ2) is 9.57. The number of hydrogen-bond acceptors (Lipinski definition) is 4. The SMILES string of the molecule is CN=C(NOC)c1cccc(C)c1CO/N=C(\C)c1cc(Cl)cc(Cl)c1. The van der Waals surface area contributed by atoms with Crippen LogP contribution in [0.4, 0.5) is 0 Å². The minimum atomic E-state index is 0.290. The van der Waals surface area contributed by atoms with E-state index in [4.69, 9.17) is 32.9 Å². The van der Waals surface area contributed by atoms with Crippen LogP contribution in [0.5, 0.6) is 0 Å². The molecule has 0 aliphatic rings. The minimum absolute atomic E-state index is 0.290. The zero-order valence-corrected chi connectivity index (χ0v) is 16.6. The zero-order valence-electron chi connectivity index (χ0n) is 15.1. The molecule has 2 rings (SSSR count). The van der Waals surface area contributed by atoms with Crippen LogP contribution in [0.2, 0.25) is 10.0 Å². The molecule has 0 aliphatic heterocycles. The first-order valence-electron chi connectivity index (χ1n) is 7.94. The Morgan fingerprint density at radius 2 is 1.85 bits per heavy atom. The third-order valence-electron chi connectivity index (χ3n) is 3.78. The van der Waals surface area contributed by atoms with Gasteiger partial charge in [0.05, 0.1) is 12.8 Å². The average molecular weight is 394 g/mol. The van der Waals surface area contributed by atoms with Crippen LogP contribution in [0.25, 0.3) is 0 Å². The topological polar surface area (TPSA) is 55.2 Å². The fourth-order valence-corrected chi connectivity index (χ4v) is 2.97. The highest BCUT2D eigenvalue weighted by Gasteiger charge is 2.12. The summed E-state index contributed by atoms with van der Waals surface area (Å²) in [5.41, 5.74) is 7.21. The summed E-state index contributed by atoms with van der Waals surface area (Å²) in [4.78, 5) is 14.8. The van der Waals surface area contributed by atoms with Crippen molar-refractivity contribution in [3.05, 3.63) is 68.7 Å². The Hall–Kier alpha value is -2.08. The highest BCUT2D eigenvalue weighted by molar-refractivity contribution is 6.35. The van der Waals surface area contributed by atoms with Gasteiger partial charge in [0.25, 0.3) is 0 Å². The van der Waals surface area contributed by atoms with Gasteiger partial charge in [0.15, 0.2) is 5.84 Å². The van der Waals surface area contributed by atoms with Gasteiger partial charge in [-0.1, -0.05) is 46.6 Å². The van der Waals surface area contributed by atoms with Crippen LogP contribution < -0.4 is 5.48 Å². The molecular weight excluding hydrogens is 373 g/mol. The van der Waals surface area contributed by atoms with Crippen molar-refractivity contribution in [1.82, 2.24) is 5.48 Å². The lowest BCUT2D eigenvalue weighted by atomic mass is 10.0. The molecule has 0 heterocycles. The molecule has 2 aromatic carbocycles. The normalized spacial score (nSPS) is 12.2. The Bertz CT molecular complexity index is 815. The van der Waals surface area contributed by atoms with E-state index in [2.05, 4.69) is 15.6 Å². The van der Waals surface area contributed by atoms with E-state index in [1.54, 1.807) is 32.4 Å². The number of aliphatic imine (C=N–C) groups is 1. The number of rotatable bonds is 6. The van der Waals surface area contributed by atoms with E-state index in [0.717, 1.165) is 22.3 Å². The van der Waals surface area contributed by atoms with E-state index in [-0.39, 0.29) is 6.61 Å². The Labute approximate surface area is 163 Å². The highest BCUT2D eigenvalue weighted by atomic mass is 35.5. The summed E-state index contributed by atoms with van der Waals surface area (Å²) >= 11 is 12.1. The van der Waals surface area contributed by atoms with Gasteiger partial charge in [-0.15, -0.1) is 0 Å². The van der Waals surface area contributed by atoms with Crippen molar-refractivity contribution in [3.8, 4) is 0 Å². The molecule has 5 nitrogen and oxygen atoms in total. The maximum Gasteiger partial charge on any atom is 0.152 e. The van der Waals surface area contributed by atoms with Crippen molar-refractivity contribution in [2.24, 2.45) is 10.1 Å². The lowest BCUT2D eigenvalue weighted by molar-refractivity contribution is 0.129. The van der Waals surface area contributed by atoms with Gasteiger partial charge in [-0.25, -0.2) is 5.48 Å². The third kappa shape index (κ3) is 5.21. The number of aryl methyl sites for hydroxylation is 1. The van der Waals surface area contributed by atoms with Gasteiger partial charge < -0.3 is 4.84 Å². The van der Waals surface area contributed by atoms with Crippen LogP contribution in [0.3, 0.4) is 0 Å². The van der Waals surface area contributed by atoms with E-state index in [0.29, 0.717) is 21.6 Å². The predicted molar refractivity (Wildman–Crippen MR) is 107 cm³/mol. The first-order chi connectivity index (χ1) is 12.5. The molecule has 26 heavy (non-hydrogen) atoms. The van der Waals surface area contributed by atoms with Gasteiger partial charge in [0.2, 0.25) is 0 Å². The molecule has 0 saturated heterocycles. The Morgan fingerprint density at radius 1 is 1.15 bits per heavy atom. The second-order valence-corrected chi connectivity index (χ2v) is 6.46. The molecule has 7 heteroatoms. The number of amidine groups is 1. The van der Waals surface area contributed by atoms with Crippen molar-refractivity contribution in [1.29, 1.82) is 0 Å². The molecular formula is C19H21Cl2N3O2. The number of nitrogens with zero attached hydrogens (tertiary/aromatic N) is 2. The van der Waals surface area contributed by atoms with Gasteiger partial charge in [0.1, 0.15) is 6.61 Å². The number of hydroxylamine groups is 1. The van der Waals surface area contributed by atoms with Crippen molar-refractivity contribution in [2.75, 3.05) is 14.2 Å². The van der Waals surface area contributed by atoms with Gasteiger partial charge in [-0.05, 0) is 37.6 Å². The summed E-state index contributed by atoms with van der Waals surface area (Å²) in [6.07, 6.45) is 0. The quantitative estimate of drug-likeness (QED) is 0.436. The maximum absolute atomic E-state index is 6.03. The summed E-state index contributed by atoms with van der Waals surface area (Å²) in [6.45, 7) is 4.14. The smallest absolute Gasteiger partial charge is 0.152 e. The Morgan fingerprint density at radius 3 is 2.46 bits per heavy atom. The van der Waals surface area contributed by atoms with Crippen molar-refractivity contribution in [3.63, 3.8) is 0 Å². The van der Waals surface area contributed by atoms with Gasteiger partial charge in [0, 0.05) is 33.8 Å². The van der Waals surface area contributed by atoms with E-state index in [1.165, 1.54) is 0 Å². The highest BCUT2D eigenvalue weighted by Crippen LogP contribution is 2.20. The second-order valence-electron chi connectivity index (χ2n) is 5.59. The molecule has 0 amide bonds. The van der Waals surface area contributed by atoms with Gasteiger partial charge >= 0.3 is 0 Å². The summed E-state index contributed by atoms with van der Waals surface area (Å²) < 4.78 is 0. The van der Waals surface area contributed by atoms with Crippen LogP contribution in [0, 0.1) is 6.92 Å². The first kappa shape index (κ1) is 20.2. The lowest BCUT2D eigenvalue weighted by Crippen LogP contribution is -2.24. The summed E-state index contributed by atoms with van der Waals surface area (Å²) in [6, 6.07) is 11.2. The Kier molecular flexibility index (Phi) is 7.45. The summed E-state index contributed by atoms with van der Waals surface area (Å²) in [7, 11) is 3.24. The maximum atomic E-state index is 6.03. The lowest BCUT2D eigenvalue weighted by Gasteiger charge is -2.14. The molecule has 0 fully saturated rings. The standard InChI is InChI=1S/C19H21Cl2N3O2/c1-12-6-5-7-17(19(22-3)24-25-4)18(12)11-26-23-13(2)14-8-15(20)10-16(21)9-14/h5-10H,11H2,1-4H3,(H,22,24)/b23-13+. The Balaban J connectivity index is 2.21. The molecule has 0 saturated carbocycles. The van der Waals surface area contributed by atoms with Gasteiger partial charge in [-0.3, -0.25) is 9.83 Å². The summed E-state index contributed by atoms with van der Waals surface area (Å²) in [5.74, 6) is 0.622. The zero-order chi connectivity index (χ0) is 19.1. The number of halogens is 2. The minimum Gasteiger partial charge on any atom is -0.391 e. The molecule has 0 radical (unpaired) electrons. The van der Waals surface area contributed by atoms with Crippen LogP contribution in [-0.4, -0.2) is 25.7 Å². The fraction of sp³-hybridized carbons (Fsp3) is 0.263. The third-order valence-corrected chi connectivity index (χ3v) is 4.21. The number of hydrogen-bond donors (Lipinski definition) is 1. The number of oxime groups is 1. The van der Waals surface area contributed by atoms with Crippen LogP contribution in [0.1, 0.15) is 29.2 Å². The van der Waals surface area contributed by atoms with E-state index in [9.17, 15) is 0 Å². The van der Waals surface area contributed by atoms with Crippen molar-refractivity contribution < 1.29 is 9.68 Å². The van der Waals surface area contributed by atoms with Crippen LogP contribution in [0.15, 0.2) is 46.5 Å². The molecule has 138 valence electrons. The first-order valence-corrected chi connectivity index (χ1v) is 8.69. The van der Waals surface area contributed by atoms with Gasteiger partial charge in [-0.2, -0.15) is 0 Å². The average Bonchev–Trinajstić information content (AvgIpc) is 2.60. The number of nitrogens with one attached hydrogen (secondary N) is 1. The fourth-order valence-electron chi connectivity index (χ4n) is 2.44. The van der Waals surface area contributed by atoms with Crippen molar-refractivity contribution >= 4 is 34.7 Å². The monoisotopic (exact) mass is 393 g/mol. The molecule has 2 aromatic rings. The largest absolute Gasteiger partial charge is 0.391 e. The summed E-state index contributed by atoms with van der Waals surface area (Å²) in [5, 5.41) is 5.30. The molecule has 0 aliphatic carbocycles. The number of benzene rings is 2. The molecule has 0 unspecified atom stereocenters. The van der Waals surface area contributed by atoms with Crippen molar-refractivity contribution in [2.45, 2.75) is 20.5 Å². The van der Waals surface area contributed by atoms with E-state index < -0.39 is 0 Å². The van der Waals surface area contributed by atoms with Crippen LogP contribution in [-0.2, 0) is 16.3 Å². The van der Waals surface area contributed by atoms with Crippen LogP contribution >= 0.6 is 23.2 Å². The van der Waals surface area contributed by atoms with E-state index in [1.807, 2.05) is 32.0 Å². The molecule has 0 aromatic heterocycles. The molecule has 0 bridgehead atoms. The molecule has 0 atom stereocenters. The van der Waals surface area contributed by atoms with E-state index >= 15 is 0 Å². The predicted octanol–water partition coefficient (Wildman–Crippen LogP) is 4.77. The molecule has 1 N–H and O–H groups in total.